The molecule has 30 heavy (non-hydrogen) atoms. The van der Waals surface area contributed by atoms with Crippen LogP contribution in [0.1, 0.15) is 18.5 Å². The Morgan fingerprint density at radius 3 is 2.60 bits per heavy atom. The molecule has 2 amide bonds. The number of benzene rings is 2. The third-order valence-electron chi connectivity index (χ3n) is 4.84. The molecule has 0 radical (unpaired) electrons. The number of hydrogen-bond donors (Lipinski definition) is 2. The van der Waals surface area contributed by atoms with E-state index in [1.54, 1.807) is 26.1 Å². The first-order valence-corrected chi connectivity index (χ1v) is 9.39. The van der Waals surface area contributed by atoms with Gasteiger partial charge in [0, 0.05) is 12.7 Å². The van der Waals surface area contributed by atoms with Crippen LogP contribution >= 0.6 is 0 Å². The number of esters is 1. The number of para-hydroxylation sites is 1. The number of hydrogen-bond acceptors (Lipinski definition) is 6. The number of allylic oxidation sites excluding steroid dienone is 1. The minimum Gasteiger partial charge on any atom is -0.504 e. The molecule has 1 aliphatic rings. The molecule has 0 spiro atoms. The van der Waals surface area contributed by atoms with Crippen molar-refractivity contribution in [2.75, 3.05) is 27.4 Å². The summed E-state index contributed by atoms with van der Waals surface area (Å²) in [6, 6.07) is 12.8. The second kappa shape index (κ2) is 9.21. The number of nitrogens with zero attached hydrogens (tertiary/aromatic N) is 1. The molecule has 2 N–H and O–H groups in total. The number of phenols is 1. The summed E-state index contributed by atoms with van der Waals surface area (Å²) in [6.45, 7) is 1.93. The third-order valence-corrected chi connectivity index (χ3v) is 4.84. The lowest BCUT2D eigenvalue weighted by Gasteiger charge is -2.33. The average molecular weight is 412 g/mol. The summed E-state index contributed by atoms with van der Waals surface area (Å²) < 4.78 is 16.1. The lowest BCUT2D eigenvalue weighted by atomic mass is 9.94. The van der Waals surface area contributed by atoms with Gasteiger partial charge in [-0.3, -0.25) is 0 Å². The molecular weight excluding hydrogens is 388 g/mol. The predicted octanol–water partition coefficient (Wildman–Crippen LogP) is 2.99. The number of ether oxygens (including phenoxy) is 3. The quantitative estimate of drug-likeness (QED) is 0.536. The van der Waals surface area contributed by atoms with E-state index in [9.17, 15) is 14.7 Å². The zero-order valence-corrected chi connectivity index (χ0v) is 17.0. The summed E-state index contributed by atoms with van der Waals surface area (Å²) in [5.41, 5.74) is 1.35. The molecule has 3 rings (SSSR count). The van der Waals surface area contributed by atoms with E-state index >= 15 is 0 Å². The molecule has 0 fully saturated rings. The van der Waals surface area contributed by atoms with Crippen LogP contribution in [0.2, 0.25) is 0 Å². The van der Waals surface area contributed by atoms with Gasteiger partial charge < -0.3 is 29.5 Å². The van der Waals surface area contributed by atoms with Crippen molar-refractivity contribution in [2.45, 2.75) is 13.0 Å². The summed E-state index contributed by atoms with van der Waals surface area (Å²) in [5.74, 6) is 0.321. The van der Waals surface area contributed by atoms with Crippen LogP contribution < -0.4 is 14.8 Å². The number of urea groups is 1. The van der Waals surface area contributed by atoms with E-state index in [0.717, 1.165) is 0 Å². The van der Waals surface area contributed by atoms with E-state index in [1.807, 2.05) is 30.3 Å². The largest absolute Gasteiger partial charge is 0.504 e. The summed E-state index contributed by atoms with van der Waals surface area (Å²) >= 11 is 0. The van der Waals surface area contributed by atoms with Gasteiger partial charge in [-0.15, -0.1) is 0 Å². The van der Waals surface area contributed by atoms with E-state index in [1.165, 1.54) is 18.1 Å². The van der Waals surface area contributed by atoms with Gasteiger partial charge >= 0.3 is 12.0 Å². The Balaban J connectivity index is 1.77. The summed E-state index contributed by atoms with van der Waals surface area (Å²) in [7, 11) is 3.00. The van der Waals surface area contributed by atoms with Gasteiger partial charge in [-0.1, -0.05) is 24.3 Å². The smallest absolute Gasteiger partial charge is 0.338 e. The number of amides is 2. The van der Waals surface area contributed by atoms with E-state index in [2.05, 4.69) is 5.32 Å². The maximum Gasteiger partial charge on any atom is 0.338 e. The molecule has 1 heterocycles. The first-order valence-electron chi connectivity index (χ1n) is 9.39. The molecule has 2 aromatic carbocycles. The van der Waals surface area contributed by atoms with E-state index in [4.69, 9.17) is 14.2 Å². The highest BCUT2D eigenvalue weighted by atomic mass is 16.6. The molecule has 2 aromatic rings. The molecule has 1 atom stereocenters. The van der Waals surface area contributed by atoms with Gasteiger partial charge in [-0.05, 0) is 36.8 Å². The number of rotatable bonds is 7. The number of nitrogens with one attached hydrogen (secondary N) is 1. The minimum atomic E-state index is -0.745. The van der Waals surface area contributed by atoms with Crippen LogP contribution in [0.15, 0.2) is 59.8 Å². The molecule has 1 aliphatic heterocycles. The van der Waals surface area contributed by atoms with E-state index in [-0.39, 0.29) is 30.7 Å². The topological polar surface area (TPSA) is 97.3 Å². The van der Waals surface area contributed by atoms with Crippen LogP contribution in [0.25, 0.3) is 0 Å². The third kappa shape index (κ3) is 4.48. The van der Waals surface area contributed by atoms with E-state index in [0.29, 0.717) is 22.6 Å². The molecule has 8 nitrogen and oxygen atoms in total. The summed E-state index contributed by atoms with van der Waals surface area (Å²) in [4.78, 5) is 26.6. The van der Waals surface area contributed by atoms with Crippen LogP contribution in [-0.4, -0.2) is 49.4 Å². The molecule has 0 saturated carbocycles. The van der Waals surface area contributed by atoms with Crippen molar-refractivity contribution in [3.05, 3.63) is 65.4 Å². The number of methoxy groups -OCH3 is 1. The average Bonchev–Trinajstić information content (AvgIpc) is 2.75. The highest BCUT2D eigenvalue weighted by Gasteiger charge is 2.35. The maximum absolute atomic E-state index is 12.9. The van der Waals surface area contributed by atoms with Crippen molar-refractivity contribution < 1.29 is 28.9 Å². The van der Waals surface area contributed by atoms with Gasteiger partial charge in [0.15, 0.2) is 11.5 Å². The zero-order valence-electron chi connectivity index (χ0n) is 17.0. The highest BCUT2D eigenvalue weighted by molar-refractivity contribution is 5.95. The van der Waals surface area contributed by atoms with Crippen LogP contribution in [0, 0.1) is 0 Å². The zero-order chi connectivity index (χ0) is 21.7. The van der Waals surface area contributed by atoms with Crippen molar-refractivity contribution in [2.24, 2.45) is 0 Å². The molecule has 8 heteroatoms. The fourth-order valence-corrected chi connectivity index (χ4v) is 3.11. The first kappa shape index (κ1) is 21.0. The van der Waals surface area contributed by atoms with Gasteiger partial charge in [0.2, 0.25) is 0 Å². The van der Waals surface area contributed by atoms with Crippen molar-refractivity contribution in [3.8, 4) is 17.2 Å². The van der Waals surface area contributed by atoms with Crippen LogP contribution in [0.3, 0.4) is 0 Å². The molecule has 0 aromatic heterocycles. The maximum atomic E-state index is 12.9. The number of carbonyl (C=O) groups excluding carboxylic acids is 2. The molecule has 1 unspecified atom stereocenters. The van der Waals surface area contributed by atoms with Crippen LogP contribution in [0.5, 0.6) is 17.2 Å². The van der Waals surface area contributed by atoms with Crippen molar-refractivity contribution in [1.82, 2.24) is 10.2 Å². The van der Waals surface area contributed by atoms with Crippen molar-refractivity contribution in [1.29, 1.82) is 0 Å². The van der Waals surface area contributed by atoms with Crippen molar-refractivity contribution in [3.63, 3.8) is 0 Å². The number of carbonyl (C=O) groups is 2. The Morgan fingerprint density at radius 1 is 1.17 bits per heavy atom. The Hall–Kier alpha value is -3.68. The van der Waals surface area contributed by atoms with Gasteiger partial charge in [0.1, 0.15) is 19.0 Å². The fraction of sp³-hybridized carbons (Fsp3) is 0.273. The molecule has 0 aliphatic carbocycles. The second-order valence-electron chi connectivity index (χ2n) is 6.67. The van der Waals surface area contributed by atoms with Crippen LogP contribution in [0.4, 0.5) is 4.79 Å². The molecule has 158 valence electrons. The fourth-order valence-electron chi connectivity index (χ4n) is 3.11. The molecular formula is C22H24N2O6. The molecule has 0 bridgehead atoms. The first-order chi connectivity index (χ1) is 14.4. The molecule has 0 saturated heterocycles. The number of aromatic hydroxyl groups is 1. The minimum absolute atomic E-state index is 0.0385. The Bertz CT molecular complexity index is 957. The van der Waals surface area contributed by atoms with Crippen molar-refractivity contribution >= 4 is 12.0 Å². The monoisotopic (exact) mass is 412 g/mol. The number of phenolic OH excluding ortho intramolecular Hbond substituents is 1. The Morgan fingerprint density at radius 2 is 1.90 bits per heavy atom. The summed E-state index contributed by atoms with van der Waals surface area (Å²) in [5, 5.41) is 12.6. The second-order valence-corrected chi connectivity index (χ2v) is 6.67. The normalized spacial score (nSPS) is 16.2. The Kier molecular flexibility index (Phi) is 6.46. The van der Waals surface area contributed by atoms with Gasteiger partial charge in [-0.25, -0.2) is 9.59 Å². The predicted molar refractivity (Wildman–Crippen MR) is 109 cm³/mol. The lowest BCUT2D eigenvalue weighted by Crippen LogP contribution is -2.46. The van der Waals surface area contributed by atoms with Crippen LogP contribution in [-0.2, 0) is 9.53 Å². The van der Waals surface area contributed by atoms with E-state index < -0.39 is 12.0 Å². The SMILES string of the molecule is COc1cc(C2NC(=O)N(C)C(C)=C2C(=O)OCCOc2ccccc2)ccc1O. The van der Waals surface area contributed by atoms with Gasteiger partial charge in [0.05, 0.1) is 18.7 Å². The van der Waals surface area contributed by atoms with Gasteiger partial charge in [-0.2, -0.15) is 0 Å². The van der Waals surface area contributed by atoms with Gasteiger partial charge in [0.25, 0.3) is 0 Å². The summed E-state index contributed by atoms with van der Waals surface area (Å²) in [6.07, 6.45) is 0. The standard InChI is InChI=1S/C22H24N2O6/c1-14-19(21(26)30-12-11-29-16-7-5-4-6-8-16)20(23-22(27)24(14)2)15-9-10-17(25)18(13-15)28-3/h4-10,13,20,25H,11-12H2,1-3H3,(H,23,27). The lowest BCUT2D eigenvalue weighted by molar-refractivity contribution is -0.140. The highest BCUT2D eigenvalue weighted by Crippen LogP contribution is 2.35. The Labute approximate surface area is 174 Å².